The maximum atomic E-state index is 10.9. The molecule has 1 aliphatic heterocycles. The molecule has 2 N–H and O–H groups in total. The van der Waals surface area contributed by atoms with Gasteiger partial charge in [0.05, 0.1) is 12.6 Å². The summed E-state index contributed by atoms with van der Waals surface area (Å²) in [6.07, 6.45) is 0.425. The van der Waals surface area contributed by atoms with Gasteiger partial charge in [0.15, 0.2) is 5.11 Å². The second kappa shape index (κ2) is 3.64. The first kappa shape index (κ1) is 8.42. The number of carbonyl (C=O) groups is 1. The molecule has 0 aromatic rings. The van der Waals surface area contributed by atoms with E-state index in [9.17, 15) is 4.79 Å². The lowest BCUT2D eigenvalue weighted by atomic mass is 10.2. The predicted molar refractivity (Wildman–Crippen MR) is 44.2 cm³/mol. The lowest BCUT2D eigenvalue weighted by Gasteiger charge is -2.24. The van der Waals surface area contributed by atoms with Crippen LogP contribution in [-0.2, 0) is 9.53 Å². The Labute approximate surface area is 70.3 Å². The van der Waals surface area contributed by atoms with Gasteiger partial charge in [0, 0.05) is 13.5 Å². The first-order chi connectivity index (χ1) is 5.22. The van der Waals surface area contributed by atoms with Crippen molar-refractivity contribution in [2.24, 2.45) is 0 Å². The number of rotatable bonds is 2. The SMILES string of the molecule is COCC1CC(=O)NC(=S)N1. The molecule has 1 saturated heterocycles. The second-order valence-electron chi connectivity index (χ2n) is 2.38. The van der Waals surface area contributed by atoms with E-state index < -0.39 is 0 Å². The average molecular weight is 174 g/mol. The summed E-state index contributed by atoms with van der Waals surface area (Å²) in [6, 6.07) is 0.0289. The highest BCUT2D eigenvalue weighted by molar-refractivity contribution is 7.80. The number of ether oxygens (including phenoxy) is 1. The number of hydrogen-bond acceptors (Lipinski definition) is 3. The van der Waals surface area contributed by atoms with Crippen LogP contribution in [0.5, 0.6) is 0 Å². The molecular formula is C6H10N2O2S. The van der Waals surface area contributed by atoms with Crippen LogP contribution in [0.1, 0.15) is 6.42 Å². The molecule has 62 valence electrons. The molecule has 4 nitrogen and oxygen atoms in total. The Hall–Kier alpha value is -0.680. The van der Waals surface area contributed by atoms with E-state index in [0.717, 1.165) is 0 Å². The largest absolute Gasteiger partial charge is 0.383 e. The van der Waals surface area contributed by atoms with Gasteiger partial charge in [0.2, 0.25) is 5.91 Å². The van der Waals surface area contributed by atoms with Gasteiger partial charge in [0.25, 0.3) is 0 Å². The summed E-state index contributed by atoms with van der Waals surface area (Å²) >= 11 is 4.78. The summed E-state index contributed by atoms with van der Waals surface area (Å²) in [5, 5.41) is 5.81. The number of hydrogen-bond donors (Lipinski definition) is 2. The highest BCUT2D eigenvalue weighted by Crippen LogP contribution is 1.97. The minimum atomic E-state index is -0.0456. The molecule has 1 rings (SSSR count). The zero-order chi connectivity index (χ0) is 8.27. The molecule has 1 heterocycles. The first-order valence-corrected chi connectivity index (χ1v) is 3.72. The Morgan fingerprint density at radius 1 is 1.82 bits per heavy atom. The third kappa shape index (κ3) is 2.44. The Kier molecular flexibility index (Phi) is 2.78. The Morgan fingerprint density at radius 2 is 2.55 bits per heavy atom. The summed E-state index contributed by atoms with van der Waals surface area (Å²) in [5.74, 6) is -0.0456. The summed E-state index contributed by atoms with van der Waals surface area (Å²) in [6.45, 7) is 0.508. The van der Waals surface area contributed by atoms with Crippen LogP contribution in [0.25, 0.3) is 0 Å². The lowest BCUT2D eigenvalue weighted by molar-refractivity contribution is -0.121. The quantitative estimate of drug-likeness (QED) is 0.549. The van der Waals surface area contributed by atoms with Gasteiger partial charge in [-0.2, -0.15) is 0 Å². The molecule has 11 heavy (non-hydrogen) atoms. The van der Waals surface area contributed by atoms with E-state index in [1.807, 2.05) is 0 Å². The fourth-order valence-electron chi connectivity index (χ4n) is 0.976. The summed E-state index contributed by atoms with van der Waals surface area (Å²) < 4.78 is 4.88. The summed E-state index contributed by atoms with van der Waals surface area (Å²) in [7, 11) is 1.59. The zero-order valence-electron chi connectivity index (χ0n) is 6.22. The number of thiocarbonyl (C=S) groups is 1. The molecule has 0 spiro atoms. The Morgan fingerprint density at radius 3 is 3.09 bits per heavy atom. The van der Waals surface area contributed by atoms with E-state index in [2.05, 4.69) is 10.6 Å². The van der Waals surface area contributed by atoms with Gasteiger partial charge in [-0.05, 0) is 12.2 Å². The molecule has 5 heteroatoms. The van der Waals surface area contributed by atoms with Crippen molar-refractivity contribution in [3.63, 3.8) is 0 Å². The minimum absolute atomic E-state index is 0.0289. The molecular weight excluding hydrogens is 164 g/mol. The number of amides is 1. The van der Waals surface area contributed by atoms with E-state index >= 15 is 0 Å². The third-order valence-electron chi connectivity index (χ3n) is 1.39. The molecule has 0 saturated carbocycles. The molecule has 0 bridgehead atoms. The summed E-state index contributed by atoms with van der Waals surface area (Å²) in [4.78, 5) is 10.9. The predicted octanol–water partition coefficient (Wildman–Crippen LogP) is -0.604. The van der Waals surface area contributed by atoms with E-state index in [-0.39, 0.29) is 11.9 Å². The third-order valence-corrected chi connectivity index (χ3v) is 1.61. The molecule has 0 aromatic carbocycles. The van der Waals surface area contributed by atoms with Gasteiger partial charge in [-0.15, -0.1) is 0 Å². The Bertz CT molecular complexity index is 167. The van der Waals surface area contributed by atoms with Gasteiger partial charge in [-0.3, -0.25) is 4.79 Å². The number of carbonyl (C=O) groups excluding carboxylic acids is 1. The maximum absolute atomic E-state index is 10.9. The molecule has 1 atom stereocenters. The molecule has 1 unspecified atom stereocenters. The number of nitrogens with one attached hydrogen (secondary N) is 2. The Balaban J connectivity index is 2.43. The van der Waals surface area contributed by atoms with Crippen molar-refractivity contribution in [1.82, 2.24) is 10.6 Å². The van der Waals surface area contributed by atoms with Crippen LogP contribution in [0.15, 0.2) is 0 Å². The van der Waals surface area contributed by atoms with Crippen molar-refractivity contribution in [2.45, 2.75) is 12.5 Å². The van der Waals surface area contributed by atoms with Crippen LogP contribution in [0.4, 0.5) is 0 Å². The van der Waals surface area contributed by atoms with E-state index in [1.54, 1.807) is 7.11 Å². The van der Waals surface area contributed by atoms with Crippen LogP contribution >= 0.6 is 12.2 Å². The normalized spacial score (nSPS) is 24.3. The van der Waals surface area contributed by atoms with Crippen molar-refractivity contribution in [1.29, 1.82) is 0 Å². The second-order valence-corrected chi connectivity index (χ2v) is 2.79. The highest BCUT2D eigenvalue weighted by atomic mass is 32.1. The van der Waals surface area contributed by atoms with Gasteiger partial charge in [-0.1, -0.05) is 0 Å². The van der Waals surface area contributed by atoms with Crippen molar-refractivity contribution in [3.8, 4) is 0 Å². The number of methoxy groups -OCH3 is 1. The molecule has 0 aromatic heterocycles. The van der Waals surface area contributed by atoms with Crippen LogP contribution < -0.4 is 10.6 Å². The highest BCUT2D eigenvalue weighted by Gasteiger charge is 2.20. The van der Waals surface area contributed by atoms with Crippen LogP contribution in [0.2, 0.25) is 0 Å². The van der Waals surface area contributed by atoms with Crippen LogP contribution in [0, 0.1) is 0 Å². The lowest BCUT2D eigenvalue weighted by Crippen LogP contribution is -2.53. The van der Waals surface area contributed by atoms with Gasteiger partial charge in [-0.25, -0.2) is 0 Å². The van der Waals surface area contributed by atoms with Gasteiger partial charge in [0.1, 0.15) is 0 Å². The first-order valence-electron chi connectivity index (χ1n) is 3.31. The van der Waals surface area contributed by atoms with Crippen molar-refractivity contribution in [2.75, 3.05) is 13.7 Å². The zero-order valence-corrected chi connectivity index (χ0v) is 7.03. The smallest absolute Gasteiger partial charge is 0.228 e. The van der Waals surface area contributed by atoms with Crippen molar-refractivity contribution < 1.29 is 9.53 Å². The standard InChI is InChI=1S/C6H10N2O2S/c1-10-3-4-2-5(9)8-6(11)7-4/h4H,2-3H2,1H3,(H2,7,8,9,11). The van der Waals surface area contributed by atoms with E-state index in [1.165, 1.54) is 0 Å². The topological polar surface area (TPSA) is 50.4 Å². The van der Waals surface area contributed by atoms with Gasteiger partial charge >= 0.3 is 0 Å². The fraction of sp³-hybridized carbons (Fsp3) is 0.667. The monoisotopic (exact) mass is 174 g/mol. The van der Waals surface area contributed by atoms with E-state index in [0.29, 0.717) is 18.1 Å². The summed E-state index contributed by atoms with van der Waals surface area (Å²) in [5.41, 5.74) is 0. The average Bonchev–Trinajstić information content (AvgIpc) is 1.85. The molecule has 1 aliphatic rings. The molecule has 0 aliphatic carbocycles. The van der Waals surface area contributed by atoms with Gasteiger partial charge < -0.3 is 15.4 Å². The molecule has 0 radical (unpaired) electrons. The molecule has 1 fully saturated rings. The maximum Gasteiger partial charge on any atom is 0.228 e. The van der Waals surface area contributed by atoms with E-state index in [4.69, 9.17) is 17.0 Å². The van der Waals surface area contributed by atoms with Crippen molar-refractivity contribution >= 4 is 23.2 Å². The molecule has 1 amide bonds. The van der Waals surface area contributed by atoms with Crippen LogP contribution in [-0.4, -0.2) is 30.8 Å². The fourth-order valence-corrected chi connectivity index (χ4v) is 1.26. The minimum Gasteiger partial charge on any atom is -0.383 e. The van der Waals surface area contributed by atoms with Crippen molar-refractivity contribution in [3.05, 3.63) is 0 Å². The van der Waals surface area contributed by atoms with Crippen LogP contribution in [0.3, 0.4) is 0 Å².